The van der Waals surface area contributed by atoms with E-state index in [0.717, 1.165) is 12.1 Å². The second kappa shape index (κ2) is 8.74. The maximum absolute atomic E-state index is 14.5. The number of hydrogen-bond acceptors (Lipinski definition) is 3. The monoisotopic (exact) mass is 447 g/mol. The van der Waals surface area contributed by atoms with Crippen LogP contribution in [0.15, 0.2) is 54.7 Å². The average Bonchev–Trinajstić information content (AvgIpc) is 2.62. The summed E-state index contributed by atoms with van der Waals surface area (Å²) in [7, 11) is -2.91. The van der Waals surface area contributed by atoms with Gasteiger partial charge in [0.2, 0.25) is 0 Å². The summed E-state index contributed by atoms with van der Waals surface area (Å²) < 4.78 is 78.9. The number of carbonyl (C=O) groups is 1. The van der Waals surface area contributed by atoms with E-state index in [9.17, 15) is 31.0 Å². The van der Waals surface area contributed by atoms with Gasteiger partial charge in [0.15, 0.2) is 0 Å². The molecular weight excluding hydrogens is 429 g/mol. The highest BCUT2D eigenvalue weighted by atomic mass is 32.2. The third-order valence-corrected chi connectivity index (χ3v) is 5.13. The van der Waals surface area contributed by atoms with Gasteiger partial charge < -0.3 is 0 Å². The van der Waals surface area contributed by atoms with Crippen molar-refractivity contribution in [2.75, 3.05) is 10.6 Å². The Labute approximate surface area is 170 Å². The van der Waals surface area contributed by atoms with Crippen molar-refractivity contribution >= 4 is 27.2 Å². The molecule has 1 atom stereocenters. The largest absolute Gasteiger partial charge is 0.432 e. The lowest BCUT2D eigenvalue weighted by molar-refractivity contribution is -0.0972. The number of benzene rings is 2. The van der Waals surface area contributed by atoms with Gasteiger partial charge in [-0.3, -0.25) is 20.0 Å². The van der Waals surface area contributed by atoms with E-state index in [0.29, 0.717) is 0 Å². The van der Waals surface area contributed by atoms with Crippen LogP contribution in [0, 0.1) is 11.6 Å². The van der Waals surface area contributed by atoms with Gasteiger partial charge in [-0.15, -0.1) is 0 Å². The Morgan fingerprint density at radius 2 is 1.80 bits per heavy atom. The van der Waals surface area contributed by atoms with Gasteiger partial charge in [0.25, 0.3) is 5.91 Å². The van der Waals surface area contributed by atoms with Crippen LogP contribution in [0.25, 0.3) is 0 Å². The van der Waals surface area contributed by atoms with Crippen LogP contribution in [0.5, 0.6) is 0 Å². The maximum atomic E-state index is 14.5. The number of allylic oxidation sites excluding steroid dienone is 1. The lowest BCUT2D eigenvalue weighted by atomic mass is 10.1. The number of anilines is 1. The first-order valence-electron chi connectivity index (χ1n) is 8.25. The molecule has 0 radical (unpaired) electrons. The van der Waals surface area contributed by atoms with Crippen LogP contribution in [0.2, 0.25) is 0 Å². The number of hydrazine groups is 1. The van der Waals surface area contributed by atoms with E-state index in [2.05, 4.69) is 12.4 Å². The molecule has 162 valence electrons. The van der Waals surface area contributed by atoms with Crippen LogP contribution in [0.1, 0.15) is 15.9 Å². The molecule has 1 amide bonds. The lowest BCUT2D eigenvalue weighted by Gasteiger charge is -2.26. The van der Waals surface area contributed by atoms with Crippen molar-refractivity contribution in [3.8, 4) is 0 Å². The number of nitrogens with zero attached hydrogens (tertiary/aromatic N) is 1. The smallest absolute Gasteiger partial charge is 0.295 e. The molecule has 1 unspecified atom stereocenters. The Morgan fingerprint density at radius 3 is 2.33 bits per heavy atom. The molecule has 2 aromatic rings. The highest BCUT2D eigenvalue weighted by Crippen LogP contribution is 2.23. The molecule has 0 aliphatic heterocycles. The van der Waals surface area contributed by atoms with Crippen LogP contribution in [-0.4, -0.2) is 28.4 Å². The fourth-order valence-corrected chi connectivity index (χ4v) is 3.30. The molecule has 0 aromatic heterocycles. The molecule has 0 bridgehead atoms. The molecule has 0 heterocycles. The number of alkyl halides is 3. The predicted molar refractivity (Wildman–Crippen MR) is 106 cm³/mol. The summed E-state index contributed by atoms with van der Waals surface area (Å²) in [6.07, 6.45) is -3.46. The Hall–Kier alpha value is -3.08. The number of amides is 1. The third kappa shape index (κ3) is 5.96. The van der Waals surface area contributed by atoms with E-state index in [1.54, 1.807) is 10.9 Å². The fourth-order valence-electron chi connectivity index (χ4n) is 2.33. The second-order valence-corrected chi connectivity index (χ2v) is 8.70. The first-order chi connectivity index (χ1) is 13.8. The zero-order valence-electron chi connectivity index (χ0n) is 15.7. The Morgan fingerprint density at radius 1 is 1.13 bits per heavy atom. The molecule has 30 heavy (non-hydrogen) atoms. The van der Waals surface area contributed by atoms with Gasteiger partial charge in [0, 0.05) is 27.1 Å². The van der Waals surface area contributed by atoms with Crippen LogP contribution in [-0.2, 0) is 16.3 Å². The minimum absolute atomic E-state index is 0.0155. The Balaban J connectivity index is 2.21. The molecule has 2 aromatic carbocycles. The van der Waals surface area contributed by atoms with Crippen molar-refractivity contribution < 1.29 is 31.0 Å². The summed E-state index contributed by atoms with van der Waals surface area (Å²) in [5.41, 5.74) is 1.94. The lowest BCUT2D eigenvalue weighted by Crippen LogP contribution is -2.40. The first-order valence-corrected chi connectivity index (χ1v) is 10.3. The maximum Gasteiger partial charge on any atom is 0.432 e. The van der Waals surface area contributed by atoms with Gasteiger partial charge >= 0.3 is 6.18 Å². The number of halogens is 5. The molecule has 5 nitrogen and oxygen atoms in total. The van der Waals surface area contributed by atoms with Crippen LogP contribution in [0.4, 0.5) is 27.6 Å². The Kier molecular flexibility index (Phi) is 6.76. The summed E-state index contributed by atoms with van der Waals surface area (Å²) in [6.45, 7) is 2.47. The van der Waals surface area contributed by atoms with Crippen molar-refractivity contribution in [2.45, 2.75) is 12.7 Å². The Bertz CT molecular complexity index is 1070. The van der Waals surface area contributed by atoms with E-state index < -0.39 is 39.1 Å². The molecule has 2 rings (SSSR count). The number of rotatable bonds is 7. The number of carbonyl (C=O) groups excluding carboxylic acids is 1. The SMILES string of the molecule is C=C(NNC(=O)c1ccc(CN(c2cccc(F)c2)S(=C)(C)=O)c(F)c1)C(F)(F)F. The average molecular weight is 447 g/mol. The minimum Gasteiger partial charge on any atom is -0.295 e. The second-order valence-electron chi connectivity index (χ2n) is 6.34. The van der Waals surface area contributed by atoms with E-state index in [4.69, 9.17) is 0 Å². The zero-order valence-corrected chi connectivity index (χ0v) is 16.5. The van der Waals surface area contributed by atoms with Gasteiger partial charge in [0.05, 0.1) is 12.2 Å². The number of hydrogen-bond donors (Lipinski definition) is 2. The summed E-state index contributed by atoms with van der Waals surface area (Å²) in [5.74, 6) is 1.07. The summed E-state index contributed by atoms with van der Waals surface area (Å²) in [5, 5.41) is 0. The topological polar surface area (TPSA) is 61.4 Å². The van der Waals surface area contributed by atoms with Gasteiger partial charge in [-0.05, 0) is 36.2 Å². The first kappa shape index (κ1) is 23.2. The van der Waals surface area contributed by atoms with E-state index in [1.165, 1.54) is 40.9 Å². The van der Waals surface area contributed by atoms with Crippen LogP contribution >= 0.6 is 0 Å². The highest BCUT2D eigenvalue weighted by molar-refractivity contribution is 8.00. The summed E-state index contributed by atoms with van der Waals surface area (Å²) in [6, 6.07) is 8.39. The van der Waals surface area contributed by atoms with Crippen LogP contribution < -0.4 is 15.2 Å². The molecular formula is C19H18F5N3O2S. The summed E-state index contributed by atoms with van der Waals surface area (Å²) >= 11 is 0. The zero-order chi connectivity index (χ0) is 22.7. The molecule has 0 aliphatic carbocycles. The quantitative estimate of drug-likeness (QED) is 0.388. The summed E-state index contributed by atoms with van der Waals surface area (Å²) in [4.78, 5) is 11.9. The standard InChI is InChI=1S/C19H18F5N3O2S/c1-12(19(22,23)24)25-26-18(28)13-7-8-14(17(21)9-13)11-27(30(2,3)29)16-6-4-5-15(20)10-16/h4-10,25H,1-2,11H2,3H3,(H,26,28). The molecule has 0 aliphatic rings. The van der Waals surface area contributed by atoms with Gasteiger partial charge in [-0.25, -0.2) is 13.0 Å². The van der Waals surface area contributed by atoms with Crippen molar-refractivity contribution in [1.29, 1.82) is 0 Å². The van der Waals surface area contributed by atoms with Gasteiger partial charge in [-0.2, -0.15) is 13.2 Å². The van der Waals surface area contributed by atoms with E-state index in [-0.39, 0.29) is 23.4 Å². The molecule has 2 N–H and O–H groups in total. The molecule has 11 heteroatoms. The van der Waals surface area contributed by atoms with E-state index >= 15 is 0 Å². The van der Waals surface area contributed by atoms with Crippen molar-refractivity contribution in [3.63, 3.8) is 0 Å². The van der Waals surface area contributed by atoms with Gasteiger partial charge in [0.1, 0.15) is 17.3 Å². The van der Waals surface area contributed by atoms with Crippen molar-refractivity contribution in [1.82, 2.24) is 10.9 Å². The van der Waals surface area contributed by atoms with Crippen molar-refractivity contribution in [2.24, 2.45) is 0 Å². The van der Waals surface area contributed by atoms with Crippen LogP contribution in [0.3, 0.4) is 0 Å². The molecule has 0 spiro atoms. The number of nitrogens with one attached hydrogen (secondary N) is 2. The normalized spacial score (nSPS) is 13.3. The minimum atomic E-state index is -4.76. The highest BCUT2D eigenvalue weighted by Gasteiger charge is 2.32. The molecule has 0 fully saturated rings. The van der Waals surface area contributed by atoms with Crippen molar-refractivity contribution in [3.05, 3.63) is 77.5 Å². The third-order valence-electron chi connectivity index (χ3n) is 3.86. The van der Waals surface area contributed by atoms with E-state index in [1.807, 2.05) is 0 Å². The molecule has 0 saturated carbocycles. The fraction of sp³-hybridized carbons (Fsp3) is 0.158. The molecule has 0 saturated heterocycles. The predicted octanol–water partition coefficient (Wildman–Crippen LogP) is 3.54. The van der Waals surface area contributed by atoms with Gasteiger partial charge in [-0.1, -0.05) is 18.7 Å².